The van der Waals surface area contributed by atoms with Crippen LogP contribution in [0.4, 0.5) is 5.69 Å². The van der Waals surface area contributed by atoms with E-state index in [1.165, 1.54) is 52.7 Å². The zero-order chi connectivity index (χ0) is 102. The van der Waals surface area contributed by atoms with E-state index in [0.717, 1.165) is 36.3 Å². The topological polar surface area (TPSA) is 706 Å². The van der Waals surface area contributed by atoms with Gasteiger partial charge in [0.15, 0.2) is 11.9 Å². The Labute approximate surface area is 807 Å². The van der Waals surface area contributed by atoms with Crippen molar-refractivity contribution in [3.63, 3.8) is 0 Å². The average molecular weight is 1950 g/mol. The Kier molecular flexibility index (Phi) is 40.4. The highest BCUT2D eigenvalue weighted by atomic mass is 32.2. The molecule has 3 aliphatic rings. The number of aromatic nitrogens is 4. The number of imidazole rings is 1. The number of guanidine groups is 2. The maximum Gasteiger partial charge on any atom is 0.246 e. The van der Waals surface area contributed by atoms with Crippen molar-refractivity contribution in [3.05, 3.63) is 120 Å². The summed E-state index contributed by atoms with van der Waals surface area (Å²) in [5.74, 6) is -18.3. The van der Waals surface area contributed by atoms with Crippen LogP contribution in [0.3, 0.4) is 0 Å². The summed E-state index contributed by atoms with van der Waals surface area (Å²) in [6, 6.07) is -1.80. The second-order valence-corrected chi connectivity index (χ2v) is 36.5. The minimum atomic E-state index is -1.90. The lowest BCUT2D eigenvalue weighted by molar-refractivity contribution is -0.149. The summed E-state index contributed by atoms with van der Waals surface area (Å²) in [7, 11) is 3.90. The van der Waals surface area contributed by atoms with Gasteiger partial charge in [-0.15, -0.1) is 11.8 Å². The standard InChI is InChI=1S/C92H131N27O19S/c1-9-11-24-70-83(131)107-61(23-17-31-100-91(95)96)79(127)114-69(78(126)103-43-75(94)123)46-139-47-76(124)106-65(34-51-27-29-54(30-28-51)105-92(97)98)86(134)115(6)50(5)77(125)110-67(39-74(93)122)88(136)118-32-18-26-71(118)84(132)109-63(37-55-42-99-48-104-55)81(129)111-64(33-49(3)4)89(137)119-44-56(121)38-73(119)85(133)108-62(35-52-40-101-59-21-15-13-19-57(52)59)80(128)113-68(45-120)82(130)112-66(36-53-41-102-60-22-16-14-20-58(53)60)87(135)117(8)72(25-12-10-2)90(138)116(70)7/h13-16,19-22,27-30,40-42,48-50,56,61-73,101-102,120-121H,9-12,17-18,23-26,31-39,43-47H2,1-8H3,(H2,93,122)(H2,94,123)(H,99,104)(H,103,126)(H,106,124)(H,107,131)(H,108,133)(H,109,132)(H,110,125)(H,111,129)(H,112,130)(H,113,128)(H,114,127)(H4,95,96,100)(H4,97,98,105)/t50-,56+,61-,62-,63-,64-,65-,66-,67-,68-,69-,70-,71-,72-,73-/m0/s1. The summed E-state index contributed by atoms with van der Waals surface area (Å²) in [4.78, 5) is 274. The molecule has 15 atom stereocenters. The third kappa shape index (κ3) is 30.6. The number of nitrogens with one attached hydrogen (secondary N) is 15. The number of carbonyl (C=O) groups is 17. The van der Waals surface area contributed by atoms with E-state index < -0.39 is 241 Å². The van der Waals surface area contributed by atoms with E-state index in [4.69, 9.17) is 34.1 Å². The molecular formula is C92H131N27O19S. The Hall–Kier alpha value is -14.3. The number of aliphatic hydroxyl groups is 2. The average Bonchev–Trinajstić information content (AvgIpc) is 1.71. The molecule has 3 aliphatic heterocycles. The van der Waals surface area contributed by atoms with Gasteiger partial charge in [0.25, 0.3) is 0 Å². The molecule has 9 rings (SSSR count). The van der Waals surface area contributed by atoms with Crippen molar-refractivity contribution in [1.29, 1.82) is 5.41 Å². The Balaban J connectivity index is 1.11. The number of hydrogen-bond acceptors (Lipinski definition) is 23. The van der Waals surface area contributed by atoms with Crippen molar-refractivity contribution in [1.82, 2.24) is 103 Å². The Morgan fingerprint density at radius 1 is 0.554 bits per heavy atom. The molecule has 27 N–H and O–H groups in total. The molecule has 0 unspecified atom stereocenters. The van der Waals surface area contributed by atoms with Gasteiger partial charge < -0.3 is 137 Å². The molecule has 0 spiro atoms. The number of H-pyrrole nitrogens is 3. The number of carbonyl (C=O) groups excluding carboxylic acids is 17. The van der Waals surface area contributed by atoms with Crippen LogP contribution in [0.2, 0.25) is 0 Å². The molecule has 6 aromatic rings. The summed E-state index contributed by atoms with van der Waals surface area (Å²) < 4.78 is 0. The summed E-state index contributed by atoms with van der Waals surface area (Å²) in [6.45, 7) is 5.99. The highest BCUT2D eigenvalue weighted by molar-refractivity contribution is 8.00. The van der Waals surface area contributed by atoms with Gasteiger partial charge in [0.05, 0.1) is 43.4 Å². The van der Waals surface area contributed by atoms with Crippen LogP contribution in [0.1, 0.15) is 140 Å². The number of unbranched alkanes of at least 4 members (excludes halogenated alkanes) is 2. The van der Waals surface area contributed by atoms with Crippen molar-refractivity contribution in [2.75, 3.05) is 65.4 Å². The first-order valence-electron chi connectivity index (χ1n) is 46.4. The molecule has 0 radical (unpaired) electrons. The van der Waals surface area contributed by atoms with Crippen molar-refractivity contribution < 1.29 is 91.7 Å². The predicted molar refractivity (Wildman–Crippen MR) is 514 cm³/mol. The lowest BCUT2D eigenvalue weighted by Gasteiger charge is -2.36. The number of aliphatic imine (C=N–C) groups is 1. The Bertz CT molecular complexity index is 5400. The Morgan fingerprint density at radius 3 is 1.68 bits per heavy atom. The molecule has 47 heteroatoms. The largest absolute Gasteiger partial charge is 0.394 e. The smallest absolute Gasteiger partial charge is 0.246 e. The number of aromatic amines is 3. The Morgan fingerprint density at radius 2 is 1.09 bits per heavy atom. The van der Waals surface area contributed by atoms with E-state index in [1.807, 2.05) is 13.8 Å². The first-order chi connectivity index (χ1) is 66.2. The first-order valence-corrected chi connectivity index (χ1v) is 47.5. The minimum absolute atomic E-state index is 0.0158. The number of likely N-dealkylation sites (N-methyl/N-ethyl adjacent to an activating group) is 3. The van der Waals surface area contributed by atoms with Crippen LogP contribution in [0, 0.1) is 11.3 Å². The number of rotatable bonds is 27. The number of para-hydroxylation sites is 2. The van der Waals surface area contributed by atoms with Crippen LogP contribution in [0.15, 0.2) is 103 Å². The molecule has 3 aromatic carbocycles. The second kappa shape index (κ2) is 51.8. The fourth-order valence-corrected chi connectivity index (χ4v) is 17.9. The third-order valence-corrected chi connectivity index (χ3v) is 25.6. The van der Waals surface area contributed by atoms with Gasteiger partial charge in [0, 0.05) is 125 Å². The molecule has 46 nitrogen and oxygen atoms in total. The molecular weight excluding hydrogens is 1820 g/mol. The highest BCUT2D eigenvalue weighted by Gasteiger charge is 2.47. The van der Waals surface area contributed by atoms with E-state index in [-0.39, 0.29) is 95.6 Å². The molecule has 0 saturated carbocycles. The minimum Gasteiger partial charge on any atom is -0.394 e. The summed E-state index contributed by atoms with van der Waals surface area (Å²) >= 11 is 0.760. The van der Waals surface area contributed by atoms with Gasteiger partial charge in [-0.25, -0.2) is 9.98 Å². The van der Waals surface area contributed by atoms with E-state index in [0.29, 0.717) is 75.6 Å². The van der Waals surface area contributed by atoms with E-state index in [9.17, 15) is 43.8 Å². The number of nitrogens with two attached hydrogens (primary N) is 5. The molecule has 0 aliphatic carbocycles. The molecule has 0 bridgehead atoms. The van der Waals surface area contributed by atoms with Gasteiger partial charge in [-0.05, 0) is 98.7 Å². The van der Waals surface area contributed by atoms with Crippen molar-refractivity contribution in [2.24, 2.45) is 39.6 Å². The first kappa shape index (κ1) is 108. The molecule has 6 heterocycles. The van der Waals surface area contributed by atoms with Gasteiger partial charge in [0.1, 0.15) is 84.6 Å². The zero-order valence-electron chi connectivity index (χ0n) is 79.2. The van der Waals surface area contributed by atoms with Crippen molar-refractivity contribution in [2.45, 2.75) is 234 Å². The summed E-state index contributed by atoms with van der Waals surface area (Å²) in [6.07, 6.45) is 3.58. The SMILES string of the molecule is CCCC[C@H]1C(=O)N(C)[C@@H](CCCC)C(=O)N[C@@H](CCCNC(=N)N)C(=O)N[C@H](C(=O)NCC(N)=O)CSCC(=O)N[C@@H](Cc2ccc(N=C(N)N)cc2)C(=O)N(C)[C@@H](C)C(=O)N[C@@H](CC(N)=O)C(=O)N2CCC[C@H]2C(=O)N[C@@H](Cc2cnc[nH]2)C(=O)N[C@@H](CC(C)C)C(=O)N2C[C@H](O)C[C@H]2C(=O)N[C@@H](Cc2c[nH]c3ccccc23)C(=O)N[C@@H](CO)C(=O)N[C@@H](Cc2c[nH]c3ccccc23)C(=O)N1C. The second-order valence-electron chi connectivity index (χ2n) is 35.5. The lowest BCUT2D eigenvalue weighted by atomic mass is 10.00. The monoisotopic (exact) mass is 1950 g/mol. The van der Waals surface area contributed by atoms with Crippen molar-refractivity contribution in [3.8, 4) is 0 Å². The van der Waals surface area contributed by atoms with Gasteiger partial charge in [-0.2, -0.15) is 0 Å². The van der Waals surface area contributed by atoms with E-state index in [1.54, 1.807) is 86.9 Å². The molecule has 3 fully saturated rings. The molecule has 754 valence electrons. The lowest BCUT2D eigenvalue weighted by Crippen LogP contribution is -2.62. The van der Waals surface area contributed by atoms with Crippen LogP contribution in [0.5, 0.6) is 0 Å². The fourth-order valence-electron chi connectivity index (χ4n) is 17.0. The predicted octanol–water partition coefficient (Wildman–Crippen LogP) is -3.73. The molecule has 3 saturated heterocycles. The number of aliphatic hydroxyl groups excluding tert-OH is 2. The quantitative estimate of drug-likeness (QED) is 0.0134. The fraction of sp³-hybridized carbons (Fsp3) is 0.522. The molecule has 139 heavy (non-hydrogen) atoms. The van der Waals surface area contributed by atoms with Crippen LogP contribution in [-0.4, -0.2) is 323 Å². The van der Waals surface area contributed by atoms with E-state index >= 15 is 47.9 Å². The van der Waals surface area contributed by atoms with Crippen LogP contribution >= 0.6 is 11.8 Å². The number of primary amides is 2. The van der Waals surface area contributed by atoms with Gasteiger partial charge in [-0.3, -0.25) is 86.9 Å². The van der Waals surface area contributed by atoms with Crippen molar-refractivity contribution >= 4 is 152 Å². The normalized spacial score (nSPS) is 24.3. The van der Waals surface area contributed by atoms with Gasteiger partial charge in [-0.1, -0.05) is 102 Å². The number of fused-ring (bicyclic) bond motifs is 4. The summed E-state index contributed by atoms with van der Waals surface area (Å²) in [5, 5.41) is 61.0. The maximum absolute atomic E-state index is 15.8. The van der Waals surface area contributed by atoms with Gasteiger partial charge >= 0.3 is 0 Å². The van der Waals surface area contributed by atoms with E-state index in [2.05, 4.69) is 83.4 Å². The zero-order valence-corrected chi connectivity index (χ0v) is 80.0. The number of benzene rings is 3. The molecule has 17 amide bonds. The third-order valence-electron chi connectivity index (χ3n) is 24.6. The van der Waals surface area contributed by atoms with Crippen LogP contribution < -0.4 is 87.2 Å². The number of amides is 17. The van der Waals surface area contributed by atoms with Crippen LogP contribution in [-0.2, 0) is 107 Å². The number of hydrogen-bond donors (Lipinski definition) is 22. The van der Waals surface area contributed by atoms with Gasteiger partial charge in [0.2, 0.25) is 100 Å². The van der Waals surface area contributed by atoms with Crippen LogP contribution in [0.25, 0.3) is 21.8 Å². The maximum atomic E-state index is 15.8. The number of nitrogens with zero attached hydrogens (tertiary/aromatic N) is 7. The number of thioether (sulfide) groups is 1. The molecule has 3 aromatic heterocycles. The summed E-state index contributed by atoms with van der Waals surface area (Å²) in [5.41, 5.74) is 31.4. The highest BCUT2D eigenvalue weighted by Crippen LogP contribution is 2.28.